The lowest BCUT2D eigenvalue weighted by atomic mass is 10.4. The van der Waals surface area contributed by atoms with Crippen molar-refractivity contribution in [1.82, 2.24) is 10.7 Å². The standard InChI is InChI=1S/C3H3FN2O2/c4-6-1-2(7)3(8)5-6/h1H2,(H,5,8). The fourth-order valence-electron chi connectivity index (χ4n) is 0.410. The van der Waals surface area contributed by atoms with Gasteiger partial charge in [0.15, 0.2) is 0 Å². The predicted molar refractivity (Wildman–Crippen MR) is 21.0 cm³/mol. The molecule has 0 aromatic rings. The highest BCUT2D eigenvalue weighted by Crippen LogP contribution is 1.92. The van der Waals surface area contributed by atoms with Crippen LogP contribution in [0, 0.1) is 0 Å². The second-order valence-electron chi connectivity index (χ2n) is 1.38. The van der Waals surface area contributed by atoms with E-state index in [2.05, 4.69) is 0 Å². The Hall–Kier alpha value is -0.970. The molecule has 0 aromatic carbocycles. The number of Topliss-reactive ketones (excluding diaryl/α,β-unsaturated/α-hetero) is 1. The lowest BCUT2D eigenvalue weighted by Crippen LogP contribution is -2.25. The molecule has 0 unspecified atom stereocenters. The summed E-state index contributed by atoms with van der Waals surface area (Å²) in [6.45, 7) is -0.473. The van der Waals surface area contributed by atoms with E-state index in [0.29, 0.717) is 0 Å². The van der Waals surface area contributed by atoms with Gasteiger partial charge in [-0.3, -0.25) is 15.0 Å². The maximum atomic E-state index is 11.7. The fourth-order valence-corrected chi connectivity index (χ4v) is 0.410. The summed E-state index contributed by atoms with van der Waals surface area (Å²) in [7, 11) is 0. The van der Waals surface area contributed by atoms with Gasteiger partial charge in [-0.15, -0.1) is 4.48 Å². The maximum absolute atomic E-state index is 11.7. The second-order valence-corrected chi connectivity index (χ2v) is 1.38. The molecule has 0 radical (unpaired) electrons. The number of carbonyl (C=O) groups excluding carboxylic acids is 2. The first kappa shape index (κ1) is 5.17. The van der Waals surface area contributed by atoms with E-state index in [9.17, 15) is 14.1 Å². The van der Waals surface area contributed by atoms with Crippen molar-refractivity contribution in [3.05, 3.63) is 0 Å². The Bertz CT molecular complexity index is 130. The molecule has 0 aromatic heterocycles. The van der Waals surface area contributed by atoms with Crippen molar-refractivity contribution in [3.63, 3.8) is 0 Å². The van der Waals surface area contributed by atoms with Crippen molar-refractivity contribution in [2.24, 2.45) is 0 Å². The van der Waals surface area contributed by atoms with Gasteiger partial charge >= 0.3 is 5.91 Å². The van der Waals surface area contributed by atoms with Gasteiger partial charge < -0.3 is 0 Å². The minimum Gasteiger partial charge on any atom is -0.287 e. The highest BCUT2D eigenvalue weighted by Gasteiger charge is 2.27. The van der Waals surface area contributed by atoms with Gasteiger partial charge in [0.25, 0.3) is 0 Å². The Morgan fingerprint density at radius 3 is 2.38 bits per heavy atom. The van der Waals surface area contributed by atoms with Crippen LogP contribution in [0.5, 0.6) is 0 Å². The summed E-state index contributed by atoms with van der Waals surface area (Å²) in [5.74, 6) is -1.62. The molecule has 0 aliphatic carbocycles. The quantitative estimate of drug-likeness (QED) is 0.320. The van der Waals surface area contributed by atoms with Crippen LogP contribution >= 0.6 is 0 Å². The van der Waals surface area contributed by atoms with E-state index in [4.69, 9.17) is 0 Å². The molecule has 0 saturated carbocycles. The molecule has 1 saturated heterocycles. The number of amides is 1. The Kier molecular flexibility index (Phi) is 0.980. The third kappa shape index (κ3) is 0.671. The van der Waals surface area contributed by atoms with Crippen LogP contribution in [0.25, 0.3) is 0 Å². The van der Waals surface area contributed by atoms with E-state index in [1.54, 1.807) is 5.43 Å². The SMILES string of the molecule is O=C1CN(F)NC1=O. The van der Waals surface area contributed by atoms with Gasteiger partial charge in [0, 0.05) is 0 Å². The highest BCUT2D eigenvalue weighted by atomic mass is 19.2. The molecule has 1 amide bonds. The van der Waals surface area contributed by atoms with Crippen LogP contribution in [0.1, 0.15) is 0 Å². The third-order valence-corrected chi connectivity index (χ3v) is 0.759. The Morgan fingerprint density at radius 1 is 1.62 bits per heavy atom. The molecule has 8 heavy (non-hydrogen) atoms. The summed E-state index contributed by atoms with van der Waals surface area (Å²) >= 11 is 0. The molecule has 0 spiro atoms. The van der Waals surface area contributed by atoms with Crippen molar-refractivity contribution in [3.8, 4) is 0 Å². The van der Waals surface area contributed by atoms with Crippen molar-refractivity contribution < 1.29 is 14.1 Å². The first-order valence-corrected chi connectivity index (χ1v) is 1.97. The zero-order valence-corrected chi connectivity index (χ0v) is 3.85. The summed E-state index contributed by atoms with van der Waals surface area (Å²) < 4.78 is 11.7. The number of hydrogen-bond acceptors (Lipinski definition) is 3. The monoisotopic (exact) mass is 118 g/mol. The molecule has 4 nitrogen and oxygen atoms in total. The van der Waals surface area contributed by atoms with Crippen LogP contribution in [0.2, 0.25) is 0 Å². The molecule has 1 aliphatic heterocycles. The van der Waals surface area contributed by atoms with Crippen molar-refractivity contribution in [2.75, 3.05) is 6.54 Å². The second kappa shape index (κ2) is 1.52. The molecule has 0 bridgehead atoms. The highest BCUT2D eigenvalue weighted by molar-refractivity contribution is 6.38. The lowest BCUT2D eigenvalue weighted by Gasteiger charge is -1.94. The molecule has 1 fully saturated rings. The largest absolute Gasteiger partial charge is 0.305 e. The van der Waals surface area contributed by atoms with E-state index in [1.165, 1.54) is 0 Å². The number of ketones is 1. The number of hydrogen-bond donors (Lipinski definition) is 1. The summed E-state index contributed by atoms with van der Waals surface area (Å²) in [5.41, 5.74) is 1.64. The number of nitrogens with one attached hydrogen (secondary N) is 1. The van der Waals surface area contributed by atoms with E-state index in [1.807, 2.05) is 0 Å². The summed E-state index contributed by atoms with van der Waals surface area (Å²) in [4.78, 5) is 20.1. The molecule has 5 heteroatoms. The van der Waals surface area contributed by atoms with E-state index in [0.717, 1.165) is 0 Å². The number of carbonyl (C=O) groups is 2. The summed E-state index contributed by atoms with van der Waals surface area (Å²) in [5, 5.41) is -0.0509. The number of nitrogens with zero attached hydrogens (tertiary/aromatic N) is 1. The molecule has 44 valence electrons. The maximum Gasteiger partial charge on any atom is 0.305 e. The molecular formula is C3H3FN2O2. The van der Waals surface area contributed by atoms with Crippen LogP contribution in [-0.2, 0) is 9.59 Å². The number of rotatable bonds is 0. The van der Waals surface area contributed by atoms with Crippen LogP contribution in [0.4, 0.5) is 4.48 Å². The summed E-state index contributed by atoms with van der Waals surface area (Å²) in [6.07, 6.45) is 0. The molecule has 1 rings (SSSR count). The van der Waals surface area contributed by atoms with Gasteiger partial charge in [-0.25, -0.2) is 0 Å². The van der Waals surface area contributed by atoms with Crippen LogP contribution < -0.4 is 5.43 Å². The van der Waals surface area contributed by atoms with Crippen LogP contribution in [0.3, 0.4) is 0 Å². The first-order valence-electron chi connectivity index (χ1n) is 1.97. The zero-order valence-electron chi connectivity index (χ0n) is 3.85. The fraction of sp³-hybridized carbons (Fsp3) is 0.333. The van der Waals surface area contributed by atoms with Crippen LogP contribution in [-0.4, -0.2) is 23.5 Å². The predicted octanol–water partition coefficient (Wildman–Crippen LogP) is -1.21. The molecule has 1 aliphatic rings. The van der Waals surface area contributed by atoms with E-state index >= 15 is 0 Å². The average Bonchev–Trinajstić information content (AvgIpc) is 1.85. The smallest absolute Gasteiger partial charge is 0.287 e. The summed E-state index contributed by atoms with van der Waals surface area (Å²) in [6, 6.07) is 0. The molecular weight excluding hydrogens is 115 g/mol. The first-order chi connectivity index (χ1) is 3.70. The van der Waals surface area contributed by atoms with Gasteiger partial charge in [-0.1, -0.05) is 0 Å². The third-order valence-electron chi connectivity index (χ3n) is 0.759. The van der Waals surface area contributed by atoms with Gasteiger partial charge in [-0.05, 0) is 5.23 Å². The molecule has 0 atom stereocenters. The van der Waals surface area contributed by atoms with Crippen molar-refractivity contribution in [1.29, 1.82) is 0 Å². The Labute approximate surface area is 44.2 Å². The van der Waals surface area contributed by atoms with Gasteiger partial charge in [-0.2, -0.15) is 0 Å². The van der Waals surface area contributed by atoms with E-state index < -0.39 is 18.2 Å². The van der Waals surface area contributed by atoms with E-state index in [-0.39, 0.29) is 5.23 Å². The Morgan fingerprint density at radius 2 is 2.25 bits per heavy atom. The average molecular weight is 118 g/mol. The normalized spacial score (nSPS) is 21.6. The molecule has 1 N–H and O–H groups in total. The van der Waals surface area contributed by atoms with Gasteiger partial charge in [0.1, 0.15) is 6.54 Å². The number of halogens is 1. The Balaban J connectivity index is 2.64. The minimum absolute atomic E-state index is 0.0509. The molecule has 1 heterocycles. The number of hydrazine groups is 1. The minimum atomic E-state index is -0.882. The van der Waals surface area contributed by atoms with Crippen LogP contribution in [0.15, 0.2) is 0 Å². The van der Waals surface area contributed by atoms with Gasteiger partial charge in [0.2, 0.25) is 5.78 Å². The lowest BCUT2D eigenvalue weighted by molar-refractivity contribution is -0.135. The topological polar surface area (TPSA) is 49.4 Å². The van der Waals surface area contributed by atoms with Crippen molar-refractivity contribution in [2.45, 2.75) is 0 Å². The zero-order chi connectivity index (χ0) is 6.15. The van der Waals surface area contributed by atoms with Crippen molar-refractivity contribution >= 4 is 11.7 Å². The van der Waals surface area contributed by atoms with Gasteiger partial charge in [0.05, 0.1) is 0 Å².